The summed E-state index contributed by atoms with van der Waals surface area (Å²) in [6, 6.07) is 7.26. The normalized spacial score (nSPS) is 16.7. The minimum atomic E-state index is -4.59. The maximum Gasteiger partial charge on any atom is 0.416 e. The molecule has 4 rings (SSSR count). The quantitative estimate of drug-likeness (QED) is 0.354. The smallest absolute Gasteiger partial charge is 0.416 e. The van der Waals surface area contributed by atoms with Gasteiger partial charge in [0.25, 0.3) is 5.56 Å². The number of likely N-dealkylation sites (N-methyl/N-ethyl adjacent to an activating group) is 1. The second-order valence-corrected chi connectivity index (χ2v) is 10.8. The van der Waals surface area contributed by atoms with E-state index in [1.165, 1.54) is 24.3 Å². The number of aliphatic hydroxyl groups is 1. The highest BCUT2D eigenvalue weighted by molar-refractivity contribution is 7.99. The van der Waals surface area contributed by atoms with Crippen molar-refractivity contribution in [2.75, 3.05) is 45.5 Å². The van der Waals surface area contributed by atoms with E-state index in [-0.39, 0.29) is 43.5 Å². The van der Waals surface area contributed by atoms with E-state index in [0.717, 1.165) is 56.5 Å². The minimum Gasteiger partial charge on any atom is -0.507 e. The number of benzene rings is 2. The molecular weight excluding hydrogens is 527 g/mol. The van der Waals surface area contributed by atoms with Gasteiger partial charge in [-0.25, -0.2) is 0 Å². The Labute approximate surface area is 222 Å². The predicted molar refractivity (Wildman–Crippen MR) is 142 cm³/mol. The van der Waals surface area contributed by atoms with Crippen molar-refractivity contribution in [3.05, 3.63) is 57.3 Å². The number of aromatic hydroxyl groups is 1. The number of aromatic amines is 1. The van der Waals surface area contributed by atoms with Gasteiger partial charge in [-0.3, -0.25) is 4.79 Å². The fourth-order valence-corrected chi connectivity index (χ4v) is 5.73. The van der Waals surface area contributed by atoms with Gasteiger partial charge in [0.1, 0.15) is 5.75 Å². The molecule has 1 unspecified atom stereocenters. The highest BCUT2D eigenvalue weighted by Gasteiger charge is 2.31. The number of aromatic nitrogens is 1. The van der Waals surface area contributed by atoms with Crippen LogP contribution in [0, 0.1) is 0 Å². The Morgan fingerprint density at radius 3 is 2.68 bits per heavy atom. The SMILES string of the molecule is CN1CCCN(CCC(O)CSc2c(-c3cc(Cl)ccc3O)c3cc(C(F)(F)F)ccc3[nH]c2=O)CC1. The van der Waals surface area contributed by atoms with Crippen molar-refractivity contribution in [1.29, 1.82) is 0 Å². The molecule has 200 valence electrons. The number of thioether (sulfide) groups is 1. The molecule has 37 heavy (non-hydrogen) atoms. The molecule has 0 spiro atoms. The fraction of sp³-hybridized carbons (Fsp3) is 0.423. The van der Waals surface area contributed by atoms with Gasteiger partial charge >= 0.3 is 6.18 Å². The second-order valence-electron chi connectivity index (χ2n) is 9.33. The van der Waals surface area contributed by atoms with Crippen molar-refractivity contribution in [1.82, 2.24) is 14.8 Å². The van der Waals surface area contributed by atoms with Crippen LogP contribution in [0.3, 0.4) is 0 Å². The Kier molecular flexibility index (Phi) is 8.75. The van der Waals surface area contributed by atoms with Crippen molar-refractivity contribution >= 4 is 34.3 Å². The number of hydrogen-bond donors (Lipinski definition) is 3. The summed E-state index contributed by atoms with van der Waals surface area (Å²) in [5.41, 5.74) is -0.905. The third-order valence-corrected chi connectivity index (χ3v) is 8.00. The van der Waals surface area contributed by atoms with Crippen LogP contribution in [0.1, 0.15) is 18.4 Å². The lowest BCUT2D eigenvalue weighted by Crippen LogP contribution is -2.31. The lowest BCUT2D eigenvalue weighted by atomic mass is 9.98. The number of rotatable bonds is 7. The molecule has 1 aliphatic heterocycles. The Morgan fingerprint density at radius 1 is 1.14 bits per heavy atom. The summed E-state index contributed by atoms with van der Waals surface area (Å²) in [5.74, 6) is -0.0578. The summed E-state index contributed by atoms with van der Waals surface area (Å²) in [7, 11) is 2.09. The first kappa shape index (κ1) is 27.8. The van der Waals surface area contributed by atoms with E-state index in [4.69, 9.17) is 11.6 Å². The number of hydrogen-bond acceptors (Lipinski definition) is 6. The third kappa shape index (κ3) is 6.80. The first-order valence-electron chi connectivity index (χ1n) is 12.0. The number of alkyl halides is 3. The van der Waals surface area contributed by atoms with Gasteiger partial charge < -0.3 is 25.0 Å². The Balaban J connectivity index is 1.66. The lowest BCUT2D eigenvalue weighted by Gasteiger charge is -2.22. The van der Waals surface area contributed by atoms with E-state index in [1.807, 2.05) is 0 Å². The van der Waals surface area contributed by atoms with E-state index >= 15 is 0 Å². The maximum absolute atomic E-state index is 13.5. The van der Waals surface area contributed by atoms with Gasteiger partial charge in [-0.15, -0.1) is 11.8 Å². The van der Waals surface area contributed by atoms with Crippen molar-refractivity contribution in [2.45, 2.75) is 30.0 Å². The van der Waals surface area contributed by atoms with E-state index in [0.29, 0.717) is 13.0 Å². The molecule has 0 radical (unpaired) electrons. The number of halogens is 4. The largest absolute Gasteiger partial charge is 0.507 e. The van der Waals surface area contributed by atoms with Crippen molar-refractivity contribution < 1.29 is 23.4 Å². The van der Waals surface area contributed by atoms with Crippen LogP contribution in [0.2, 0.25) is 5.02 Å². The number of aliphatic hydroxyl groups excluding tert-OH is 1. The number of pyridine rings is 1. The number of phenolic OH excluding ortho intramolecular Hbond substituents is 1. The lowest BCUT2D eigenvalue weighted by molar-refractivity contribution is -0.137. The Morgan fingerprint density at radius 2 is 1.92 bits per heavy atom. The average Bonchev–Trinajstić information content (AvgIpc) is 3.05. The zero-order valence-corrected chi connectivity index (χ0v) is 21.9. The fourth-order valence-electron chi connectivity index (χ4n) is 4.48. The zero-order chi connectivity index (χ0) is 26.7. The van der Waals surface area contributed by atoms with Crippen LogP contribution in [0.5, 0.6) is 5.75 Å². The molecule has 3 N–H and O–H groups in total. The molecule has 1 aromatic heterocycles. The number of nitrogens with zero attached hydrogens (tertiary/aromatic N) is 2. The Hall–Kier alpha value is -2.24. The number of nitrogens with one attached hydrogen (secondary N) is 1. The number of fused-ring (bicyclic) bond motifs is 1. The molecule has 0 bridgehead atoms. The zero-order valence-electron chi connectivity index (χ0n) is 20.3. The molecule has 1 atom stereocenters. The maximum atomic E-state index is 13.5. The molecule has 3 aromatic rings. The van der Waals surface area contributed by atoms with Crippen molar-refractivity contribution in [3.63, 3.8) is 0 Å². The van der Waals surface area contributed by atoms with Crippen LogP contribution in [0.4, 0.5) is 13.2 Å². The first-order chi connectivity index (χ1) is 17.5. The highest BCUT2D eigenvalue weighted by Crippen LogP contribution is 2.42. The molecule has 0 saturated carbocycles. The highest BCUT2D eigenvalue weighted by atomic mass is 35.5. The Bertz CT molecular complexity index is 1320. The summed E-state index contributed by atoms with van der Waals surface area (Å²) < 4.78 is 40.6. The molecule has 11 heteroatoms. The molecule has 0 amide bonds. The van der Waals surface area contributed by atoms with Crippen LogP contribution < -0.4 is 5.56 Å². The van der Waals surface area contributed by atoms with Crippen molar-refractivity contribution in [3.8, 4) is 16.9 Å². The number of H-pyrrole nitrogens is 1. The number of phenols is 1. The minimum absolute atomic E-state index is 0.111. The van der Waals surface area contributed by atoms with Crippen LogP contribution in [0.15, 0.2) is 46.1 Å². The monoisotopic (exact) mass is 555 g/mol. The topological polar surface area (TPSA) is 79.8 Å². The molecule has 2 heterocycles. The van der Waals surface area contributed by atoms with E-state index in [9.17, 15) is 28.2 Å². The van der Waals surface area contributed by atoms with Gasteiger partial charge in [0, 0.05) is 52.4 Å². The van der Waals surface area contributed by atoms with Crippen LogP contribution >= 0.6 is 23.4 Å². The summed E-state index contributed by atoms with van der Waals surface area (Å²) in [6.07, 6.45) is -3.77. The van der Waals surface area contributed by atoms with Gasteiger partial charge in [0.15, 0.2) is 0 Å². The summed E-state index contributed by atoms with van der Waals surface area (Å²) in [5, 5.41) is 21.6. The van der Waals surface area contributed by atoms with Gasteiger partial charge in [-0.2, -0.15) is 13.2 Å². The molecule has 1 aliphatic rings. The van der Waals surface area contributed by atoms with Crippen molar-refractivity contribution in [2.24, 2.45) is 0 Å². The molecule has 2 aromatic carbocycles. The molecule has 6 nitrogen and oxygen atoms in total. The molecule has 1 saturated heterocycles. The average molecular weight is 556 g/mol. The van der Waals surface area contributed by atoms with Gasteiger partial charge in [-0.05, 0) is 69.4 Å². The van der Waals surface area contributed by atoms with Gasteiger partial charge in [0.05, 0.1) is 16.6 Å². The summed E-state index contributed by atoms with van der Waals surface area (Å²) in [4.78, 5) is 20.4. The summed E-state index contributed by atoms with van der Waals surface area (Å²) >= 11 is 7.20. The van der Waals surface area contributed by atoms with Crippen LogP contribution in [-0.2, 0) is 6.18 Å². The molecule has 0 aliphatic carbocycles. The predicted octanol–water partition coefficient (Wildman–Crippen LogP) is 5.05. The molecule has 1 fully saturated rings. The second kappa shape index (κ2) is 11.7. The van der Waals surface area contributed by atoms with E-state index < -0.39 is 23.4 Å². The van der Waals surface area contributed by atoms with E-state index in [2.05, 4.69) is 21.8 Å². The third-order valence-electron chi connectivity index (χ3n) is 6.54. The van der Waals surface area contributed by atoms with E-state index in [1.54, 1.807) is 0 Å². The summed E-state index contributed by atoms with van der Waals surface area (Å²) in [6.45, 7) is 4.58. The standard InChI is InChI=1S/C26H29ClF3N3O3S/c1-32-8-2-9-33(12-11-32)10-7-18(34)15-37-24-23(20-14-17(27)4-6-22(20)35)19-13-16(26(28,29)30)3-5-21(19)31-25(24)36/h3-6,13-14,18,34-35H,2,7-12,15H2,1H3,(H,31,36). The van der Waals surface area contributed by atoms with Crippen LogP contribution in [0.25, 0.3) is 22.0 Å². The van der Waals surface area contributed by atoms with Crippen LogP contribution in [-0.4, -0.2) is 76.6 Å². The van der Waals surface area contributed by atoms with Gasteiger partial charge in [0.2, 0.25) is 0 Å². The molecular formula is C26H29ClF3N3O3S. The van der Waals surface area contributed by atoms with Gasteiger partial charge in [-0.1, -0.05) is 11.6 Å². The first-order valence-corrected chi connectivity index (χ1v) is 13.4.